The number of thiol groups is 1. The summed E-state index contributed by atoms with van der Waals surface area (Å²) in [5.74, 6) is -13.5. The molecule has 1 aliphatic rings. The molecule has 11 atom stereocenters. The maximum atomic E-state index is 14.8. The molecule has 0 saturated carbocycles. The monoisotopic (exact) mass is 1540 g/mol. The van der Waals surface area contributed by atoms with Crippen LogP contribution in [0.5, 0.6) is 0 Å². The van der Waals surface area contributed by atoms with Gasteiger partial charge in [-0.2, -0.15) is 12.6 Å². The molecule has 1 fully saturated rings. The molecule has 2 aromatic carbocycles. The number of likely N-dealkylation sites (tertiary alicyclic amines) is 1. The second kappa shape index (κ2) is 44.5. The van der Waals surface area contributed by atoms with Crippen LogP contribution in [0.2, 0.25) is 0 Å². The minimum absolute atomic E-state index is 0.00785. The van der Waals surface area contributed by atoms with Gasteiger partial charge >= 0.3 is 11.9 Å². The van der Waals surface area contributed by atoms with Gasteiger partial charge in [-0.05, 0) is 106 Å². The maximum Gasteiger partial charge on any atom is 0.326 e. The number of hydrogen-bond donors (Lipinski definition) is 20. The van der Waals surface area contributed by atoms with Gasteiger partial charge in [-0.3, -0.25) is 62.3 Å². The van der Waals surface area contributed by atoms with Crippen molar-refractivity contribution in [3.05, 3.63) is 108 Å². The molecule has 37 heteroatoms. The van der Waals surface area contributed by atoms with Gasteiger partial charge in [0.05, 0.1) is 38.2 Å². The van der Waals surface area contributed by atoms with Gasteiger partial charge in [0.2, 0.25) is 70.9 Å². The van der Waals surface area contributed by atoms with Crippen molar-refractivity contribution in [3.63, 3.8) is 0 Å². The zero-order valence-corrected chi connectivity index (χ0v) is 62.5. The Hall–Kier alpha value is -10.8. The van der Waals surface area contributed by atoms with E-state index in [1.165, 1.54) is 25.0 Å². The van der Waals surface area contributed by atoms with Gasteiger partial charge in [0, 0.05) is 78.9 Å². The first-order valence-corrected chi connectivity index (χ1v) is 37.0. The van der Waals surface area contributed by atoms with Gasteiger partial charge < -0.3 is 106 Å². The summed E-state index contributed by atoms with van der Waals surface area (Å²) in [7, 11) is 0. The van der Waals surface area contributed by atoms with Crippen LogP contribution >= 0.6 is 12.6 Å². The van der Waals surface area contributed by atoms with E-state index in [0.717, 1.165) is 4.90 Å². The molecular formula is C72H104N20O16S. The van der Waals surface area contributed by atoms with E-state index >= 15 is 0 Å². The van der Waals surface area contributed by atoms with Crippen LogP contribution in [0.3, 0.4) is 0 Å². The zero-order chi connectivity index (χ0) is 79.7. The fraction of sp³-hybridized carbons (Fsp3) is 0.528. The molecule has 22 N–H and O–H groups in total. The predicted molar refractivity (Wildman–Crippen MR) is 401 cm³/mol. The molecule has 594 valence electrons. The molecule has 5 aromatic rings. The highest BCUT2D eigenvalue weighted by molar-refractivity contribution is 7.80. The summed E-state index contributed by atoms with van der Waals surface area (Å²) >= 11 is 4.24. The molecule has 6 rings (SSSR count). The number of fused-ring (bicyclic) bond motifs is 1. The third-order valence-electron chi connectivity index (χ3n) is 17.9. The number of amides is 12. The van der Waals surface area contributed by atoms with Gasteiger partial charge in [-0.25, -0.2) is 14.8 Å². The maximum absolute atomic E-state index is 14.8. The van der Waals surface area contributed by atoms with Crippen LogP contribution in [0.1, 0.15) is 121 Å². The second-order valence-corrected chi connectivity index (χ2v) is 28.0. The van der Waals surface area contributed by atoms with Crippen molar-refractivity contribution in [2.45, 2.75) is 190 Å². The van der Waals surface area contributed by atoms with Crippen LogP contribution in [0.25, 0.3) is 10.9 Å². The Kier molecular flexibility index (Phi) is 35.6. The average molecular weight is 1540 g/mol. The SMILES string of the molecule is CC(C)C[C@H](NC(=O)[C@H](Cc1c[nH]c2ccccc12)NC(=O)[C@H](CCCCN)NC(=O)CNC(=O)[C@H](CC(C)C)NC(=O)[C@H](CS)NC(=O)[C@@H](N)Cc1cnc[nH]1)C(=O)NCC(=O)N[C@@H](Cc1cnc[nH]1)C(=O)N1CCC[C@H]1C(=O)N[C@@H](CC(=O)O)C(=O)N[C@@H](CCCCN)C(=O)N[C@@H](Cc1ccccc1)C(=O)O. The lowest BCUT2D eigenvalue weighted by Gasteiger charge is -2.30. The summed E-state index contributed by atoms with van der Waals surface area (Å²) in [6.07, 6.45) is 7.84. The number of carbonyl (C=O) groups is 14. The van der Waals surface area contributed by atoms with Crippen LogP contribution in [0.15, 0.2) is 85.8 Å². The lowest BCUT2D eigenvalue weighted by Crippen LogP contribution is -2.59. The zero-order valence-electron chi connectivity index (χ0n) is 61.6. The van der Waals surface area contributed by atoms with Crippen molar-refractivity contribution in [2.24, 2.45) is 29.0 Å². The molecule has 3 aromatic heterocycles. The van der Waals surface area contributed by atoms with E-state index < -0.39 is 169 Å². The molecule has 109 heavy (non-hydrogen) atoms. The summed E-state index contributed by atoms with van der Waals surface area (Å²) < 4.78 is 0. The normalized spacial score (nSPS) is 15.4. The number of carboxylic acids is 2. The number of unbranched alkanes of at least 4 members (excludes halogenated alkanes) is 2. The predicted octanol–water partition coefficient (Wildman–Crippen LogP) is -2.36. The molecule has 0 aliphatic carbocycles. The van der Waals surface area contributed by atoms with Gasteiger partial charge in [0.25, 0.3) is 0 Å². The minimum atomic E-state index is -1.81. The lowest BCUT2D eigenvalue weighted by atomic mass is 10.00. The smallest absolute Gasteiger partial charge is 0.326 e. The lowest BCUT2D eigenvalue weighted by molar-refractivity contribution is -0.144. The molecule has 0 unspecified atom stereocenters. The average Bonchev–Trinajstić information content (AvgIpc) is 1.71. The first-order valence-electron chi connectivity index (χ1n) is 36.4. The van der Waals surface area contributed by atoms with Crippen LogP contribution < -0.4 is 75.7 Å². The Bertz CT molecular complexity index is 3860. The molecular weight excluding hydrogens is 1430 g/mol. The van der Waals surface area contributed by atoms with Crippen molar-refractivity contribution in [1.82, 2.24) is 88.3 Å². The fourth-order valence-corrected chi connectivity index (χ4v) is 12.6. The van der Waals surface area contributed by atoms with Crippen molar-refractivity contribution in [2.75, 3.05) is 38.5 Å². The molecule has 0 bridgehead atoms. The van der Waals surface area contributed by atoms with Gasteiger partial charge in [0.1, 0.15) is 60.4 Å². The van der Waals surface area contributed by atoms with Gasteiger partial charge in [-0.15, -0.1) is 0 Å². The summed E-state index contributed by atoms with van der Waals surface area (Å²) in [5, 5.41) is 49.1. The summed E-state index contributed by atoms with van der Waals surface area (Å²) in [6, 6.07) is 0.772. The quantitative estimate of drug-likeness (QED) is 0.0143. The Morgan fingerprint density at radius 3 is 1.57 bits per heavy atom. The molecule has 0 spiro atoms. The minimum Gasteiger partial charge on any atom is -0.481 e. The van der Waals surface area contributed by atoms with Gasteiger partial charge in [-0.1, -0.05) is 76.2 Å². The molecule has 1 saturated heterocycles. The Morgan fingerprint density at radius 2 is 1.03 bits per heavy atom. The highest BCUT2D eigenvalue weighted by Gasteiger charge is 2.41. The number of aromatic nitrogens is 5. The van der Waals surface area contributed by atoms with Crippen molar-refractivity contribution in [3.8, 4) is 0 Å². The number of para-hydroxylation sites is 1. The number of nitrogens with one attached hydrogen (secondary N) is 14. The van der Waals surface area contributed by atoms with E-state index in [-0.39, 0.29) is 101 Å². The number of aliphatic carboxylic acids is 2. The van der Waals surface area contributed by atoms with Crippen molar-refractivity contribution >= 4 is 106 Å². The third kappa shape index (κ3) is 28.7. The van der Waals surface area contributed by atoms with Crippen LogP contribution in [0, 0.1) is 11.8 Å². The van der Waals surface area contributed by atoms with Crippen molar-refractivity contribution < 1.29 is 77.3 Å². The first-order chi connectivity index (χ1) is 52.1. The molecule has 12 amide bonds. The Morgan fingerprint density at radius 1 is 0.532 bits per heavy atom. The molecule has 1 aliphatic heterocycles. The van der Waals surface area contributed by atoms with Crippen LogP contribution in [0.4, 0.5) is 0 Å². The number of nitrogens with two attached hydrogens (primary N) is 3. The third-order valence-corrected chi connectivity index (χ3v) is 18.3. The Labute approximate surface area is 635 Å². The number of aromatic amines is 3. The number of H-pyrrole nitrogens is 3. The number of hydrogen-bond acceptors (Lipinski definition) is 20. The van der Waals surface area contributed by atoms with Crippen LogP contribution in [-0.4, -0.2) is 228 Å². The summed E-state index contributed by atoms with van der Waals surface area (Å²) in [6.45, 7) is 6.18. The topological polar surface area (TPSA) is 566 Å². The fourth-order valence-electron chi connectivity index (χ4n) is 12.3. The number of carbonyl (C=O) groups excluding carboxylic acids is 12. The summed E-state index contributed by atoms with van der Waals surface area (Å²) in [4.78, 5) is 211. The van der Waals surface area contributed by atoms with E-state index in [4.69, 9.17) is 17.2 Å². The summed E-state index contributed by atoms with van der Waals surface area (Å²) in [5.41, 5.74) is 20.5. The van der Waals surface area contributed by atoms with E-state index in [9.17, 15) is 77.3 Å². The number of carboxylic acid groups (broad SMARTS) is 2. The second-order valence-electron chi connectivity index (χ2n) is 27.7. The largest absolute Gasteiger partial charge is 0.481 e. The van der Waals surface area contributed by atoms with Crippen molar-refractivity contribution in [1.29, 1.82) is 0 Å². The first kappa shape index (κ1) is 87.1. The number of rotatable bonds is 47. The van der Waals surface area contributed by atoms with E-state index in [1.54, 1.807) is 68.6 Å². The standard InChI is InChI=1S/C72H104N20O16S/c1-40(2)25-51(63(98)80-36-60(94)84-55(30-45-34-77-39-82-45)71(106)92-24-14-21-58(92)70(105)89-54(31-61(95)96)68(103)85-50(20-11-13-23-74)66(101)90-56(72(107)108)27-42-15-6-5-7-16-42)86-67(102)53(28-43-32-78-48-18-9-8-17-46(43)48)88-65(100)49(19-10-12-22-73)83-59(93)35-79-64(99)52(26-41(3)4)87-69(104)57(37-109)91-62(97)47(75)29-44-33-76-38-81-44/h5-9,15-18,32-34,38-41,47,49-58,78,109H,10-14,19-31,35-37,73-75H2,1-4H3,(H,76,81)(H,77,82)(H,79,99)(H,80,98)(H,83,93)(H,84,94)(H,85,103)(H,86,102)(H,87,104)(H,88,100)(H,89,105)(H,90,101)(H,91,97)(H,95,96)(H,107,108)/t47-,49-,50-,51-,52-,53-,54-,55-,56-,57-,58-/m0/s1. The highest BCUT2D eigenvalue weighted by Crippen LogP contribution is 2.23. The number of benzene rings is 2. The molecule has 4 heterocycles. The highest BCUT2D eigenvalue weighted by atomic mass is 32.1. The van der Waals surface area contributed by atoms with E-state index in [1.807, 2.05) is 19.9 Å². The molecule has 0 radical (unpaired) electrons. The number of nitrogens with zero attached hydrogens (tertiary/aromatic N) is 3. The number of imidazole rings is 2. The van der Waals surface area contributed by atoms with E-state index in [2.05, 4.69) is 96.0 Å². The Balaban J connectivity index is 1.13. The van der Waals surface area contributed by atoms with E-state index in [0.29, 0.717) is 59.1 Å². The molecule has 36 nitrogen and oxygen atoms in total. The van der Waals surface area contributed by atoms with Crippen LogP contribution in [-0.2, 0) is 92.8 Å². The van der Waals surface area contributed by atoms with Gasteiger partial charge in [0.15, 0.2) is 0 Å².